The van der Waals surface area contributed by atoms with Gasteiger partial charge in [0.15, 0.2) is 9.84 Å². The number of carbonyl (C=O) groups excluding carboxylic acids is 1. The predicted molar refractivity (Wildman–Crippen MR) is 77.6 cm³/mol. The Bertz CT molecular complexity index is 420. The number of sulfone groups is 1. The van der Waals surface area contributed by atoms with Gasteiger partial charge >= 0.3 is 0 Å². The molecule has 1 atom stereocenters. The number of hydrogen-bond donors (Lipinski definition) is 1. The Morgan fingerprint density at radius 3 is 2.42 bits per heavy atom. The smallest absolute Gasteiger partial charge is 0.238 e. The zero-order valence-corrected chi connectivity index (χ0v) is 12.9. The van der Waals surface area contributed by atoms with E-state index >= 15 is 0 Å². The van der Waals surface area contributed by atoms with Crippen molar-refractivity contribution in [1.82, 2.24) is 5.32 Å². The minimum atomic E-state index is -3.38. The molecule has 1 fully saturated rings. The Morgan fingerprint density at radius 1 is 1.32 bits per heavy atom. The summed E-state index contributed by atoms with van der Waals surface area (Å²) in [4.78, 5) is 12.0. The van der Waals surface area contributed by atoms with E-state index in [9.17, 15) is 13.2 Å². The van der Waals surface area contributed by atoms with Gasteiger partial charge in [-0.2, -0.15) is 0 Å². The van der Waals surface area contributed by atoms with Gasteiger partial charge in [-0.15, -0.1) is 0 Å². The highest BCUT2D eigenvalue weighted by atomic mass is 32.2. The van der Waals surface area contributed by atoms with Gasteiger partial charge in [-0.3, -0.25) is 4.79 Å². The summed E-state index contributed by atoms with van der Waals surface area (Å²) in [5.41, 5.74) is 0. The highest BCUT2D eigenvalue weighted by molar-refractivity contribution is 7.92. The van der Waals surface area contributed by atoms with Crippen LogP contribution < -0.4 is 5.32 Å². The molecule has 1 rings (SSSR count). The van der Waals surface area contributed by atoms with Crippen molar-refractivity contribution < 1.29 is 13.2 Å². The van der Waals surface area contributed by atoms with Crippen molar-refractivity contribution in [2.45, 2.75) is 57.7 Å². The second-order valence-electron chi connectivity index (χ2n) is 5.51. The summed E-state index contributed by atoms with van der Waals surface area (Å²) in [6.07, 6.45) is 7.37. The number of amides is 1. The standard InChI is InChI=1S/C14H25NO3S/c1-4-5-10-19(17,18)12(3)14(16)15-13-8-6-11(2)7-9-13/h4-5,11-13H,6-10H2,1-3H3,(H,15,16)/b5-4+. The number of rotatable bonds is 5. The minimum absolute atomic E-state index is 0.0697. The molecule has 1 aliphatic rings. The van der Waals surface area contributed by atoms with E-state index in [-0.39, 0.29) is 17.7 Å². The van der Waals surface area contributed by atoms with E-state index in [1.807, 2.05) is 0 Å². The molecule has 0 aliphatic heterocycles. The summed E-state index contributed by atoms with van der Waals surface area (Å²) in [5.74, 6) is 0.285. The van der Waals surface area contributed by atoms with Crippen molar-refractivity contribution >= 4 is 15.7 Å². The molecule has 0 spiro atoms. The lowest BCUT2D eigenvalue weighted by Crippen LogP contribution is -2.45. The van der Waals surface area contributed by atoms with Gasteiger partial charge in [0.05, 0.1) is 5.75 Å². The minimum Gasteiger partial charge on any atom is -0.352 e. The van der Waals surface area contributed by atoms with Crippen LogP contribution in [0.5, 0.6) is 0 Å². The van der Waals surface area contributed by atoms with Crippen LogP contribution in [0.15, 0.2) is 12.2 Å². The van der Waals surface area contributed by atoms with Crippen molar-refractivity contribution in [3.05, 3.63) is 12.2 Å². The van der Waals surface area contributed by atoms with E-state index in [0.717, 1.165) is 25.7 Å². The average Bonchev–Trinajstić information content (AvgIpc) is 2.38. The first-order valence-corrected chi connectivity index (χ1v) is 8.71. The highest BCUT2D eigenvalue weighted by Crippen LogP contribution is 2.23. The van der Waals surface area contributed by atoms with Crippen LogP contribution >= 0.6 is 0 Å². The average molecular weight is 287 g/mol. The summed E-state index contributed by atoms with van der Waals surface area (Å²) in [7, 11) is -3.38. The quantitative estimate of drug-likeness (QED) is 0.787. The number of allylic oxidation sites excluding steroid dienone is 1. The molecule has 1 unspecified atom stereocenters. The van der Waals surface area contributed by atoms with Crippen LogP contribution in [0.2, 0.25) is 0 Å². The zero-order valence-electron chi connectivity index (χ0n) is 12.1. The van der Waals surface area contributed by atoms with Crippen molar-refractivity contribution in [1.29, 1.82) is 0 Å². The zero-order chi connectivity index (χ0) is 14.5. The van der Waals surface area contributed by atoms with Gasteiger partial charge in [0.2, 0.25) is 5.91 Å². The van der Waals surface area contributed by atoms with E-state index in [0.29, 0.717) is 5.92 Å². The van der Waals surface area contributed by atoms with E-state index < -0.39 is 15.1 Å². The van der Waals surface area contributed by atoms with Crippen molar-refractivity contribution in [3.63, 3.8) is 0 Å². The molecular formula is C14H25NO3S. The molecule has 0 radical (unpaired) electrons. The monoisotopic (exact) mass is 287 g/mol. The van der Waals surface area contributed by atoms with Gasteiger partial charge in [0.1, 0.15) is 5.25 Å². The lowest BCUT2D eigenvalue weighted by Gasteiger charge is -2.27. The molecule has 0 saturated heterocycles. The third-order valence-corrected chi connectivity index (χ3v) is 5.78. The topological polar surface area (TPSA) is 63.2 Å². The van der Waals surface area contributed by atoms with E-state index in [1.54, 1.807) is 19.1 Å². The molecular weight excluding hydrogens is 262 g/mol. The summed E-state index contributed by atoms with van der Waals surface area (Å²) >= 11 is 0. The molecule has 1 amide bonds. The second-order valence-corrected chi connectivity index (χ2v) is 7.87. The van der Waals surface area contributed by atoms with Crippen LogP contribution in [0.1, 0.15) is 46.5 Å². The molecule has 0 aromatic rings. The molecule has 19 heavy (non-hydrogen) atoms. The molecule has 0 heterocycles. The second kappa shape index (κ2) is 7.08. The molecule has 1 aliphatic carbocycles. The van der Waals surface area contributed by atoms with Crippen LogP contribution in [-0.4, -0.2) is 31.4 Å². The number of hydrogen-bond acceptors (Lipinski definition) is 3. The summed E-state index contributed by atoms with van der Waals surface area (Å²) in [5, 5.41) is 1.91. The fourth-order valence-corrected chi connectivity index (χ4v) is 3.40. The van der Waals surface area contributed by atoms with E-state index in [1.165, 1.54) is 6.92 Å². The Kier molecular flexibility index (Phi) is 6.04. The molecule has 1 N–H and O–H groups in total. The lowest BCUT2D eigenvalue weighted by atomic mass is 9.87. The Morgan fingerprint density at radius 2 is 1.89 bits per heavy atom. The SMILES string of the molecule is C/C=C/CS(=O)(=O)C(C)C(=O)NC1CCC(C)CC1. The molecule has 110 valence electrons. The summed E-state index contributed by atoms with van der Waals surface area (Å²) < 4.78 is 23.8. The molecule has 0 aromatic carbocycles. The largest absolute Gasteiger partial charge is 0.352 e. The first-order valence-electron chi connectivity index (χ1n) is 7.00. The van der Waals surface area contributed by atoms with Crippen molar-refractivity contribution in [2.24, 2.45) is 5.92 Å². The van der Waals surface area contributed by atoms with Crippen LogP contribution in [0.3, 0.4) is 0 Å². The predicted octanol–water partition coefficient (Wildman–Crippen LogP) is 2.06. The summed E-state index contributed by atoms with van der Waals surface area (Å²) in [6.45, 7) is 5.45. The Hall–Kier alpha value is -0.840. The van der Waals surface area contributed by atoms with Crippen LogP contribution in [0, 0.1) is 5.92 Å². The molecule has 0 aromatic heterocycles. The van der Waals surface area contributed by atoms with Gasteiger partial charge < -0.3 is 5.32 Å². The lowest BCUT2D eigenvalue weighted by molar-refractivity contribution is -0.121. The summed E-state index contributed by atoms with van der Waals surface area (Å²) in [6, 6.07) is 0.142. The molecule has 0 bridgehead atoms. The van der Waals surface area contributed by atoms with Gasteiger partial charge in [-0.1, -0.05) is 19.1 Å². The first-order chi connectivity index (χ1) is 8.86. The molecule has 4 nitrogen and oxygen atoms in total. The maximum absolute atomic E-state index is 12.0. The van der Waals surface area contributed by atoms with Gasteiger partial charge in [-0.25, -0.2) is 8.42 Å². The fourth-order valence-electron chi connectivity index (χ4n) is 2.26. The van der Waals surface area contributed by atoms with Crippen LogP contribution in [0.25, 0.3) is 0 Å². The van der Waals surface area contributed by atoms with Gasteiger partial charge in [0.25, 0.3) is 0 Å². The van der Waals surface area contributed by atoms with Gasteiger partial charge in [-0.05, 0) is 45.4 Å². The fraction of sp³-hybridized carbons (Fsp3) is 0.786. The van der Waals surface area contributed by atoms with Crippen LogP contribution in [0.4, 0.5) is 0 Å². The highest BCUT2D eigenvalue weighted by Gasteiger charge is 2.29. The maximum atomic E-state index is 12.0. The van der Waals surface area contributed by atoms with Crippen molar-refractivity contribution in [2.75, 3.05) is 5.75 Å². The third-order valence-electron chi connectivity index (χ3n) is 3.83. The van der Waals surface area contributed by atoms with Crippen LogP contribution in [-0.2, 0) is 14.6 Å². The van der Waals surface area contributed by atoms with E-state index in [2.05, 4.69) is 12.2 Å². The third kappa shape index (κ3) is 4.97. The maximum Gasteiger partial charge on any atom is 0.238 e. The van der Waals surface area contributed by atoms with E-state index in [4.69, 9.17) is 0 Å². The van der Waals surface area contributed by atoms with Gasteiger partial charge in [0, 0.05) is 6.04 Å². The number of nitrogens with one attached hydrogen (secondary N) is 1. The Labute approximate surface area is 116 Å². The van der Waals surface area contributed by atoms with Crippen molar-refractivity contribution in [3.8, 4) is 0 Å². The number of carbonyl (C=O) groups is 1. The normalized spacial score (nSPS) is 26.3. The molecule has 1 saturated carbocycles. The Balaban J connectivity index is 2.53. The first kappa shape index (κ1) is 16.2. The molecule has 5 heteroatoms.